The van der Waals surface area contributed by atoms with E-state index in [0.29, 0.717) is 18.9 Å². The Morgan fingerprint density at radius 2 is 2.06 bits per heavy atom. The quantitative estimate of drug-likeness (QED) is 0.649. The van der Waals surface area contributed by atoms with Gasteiger partial charge in [0.05, 0.1) is 5.92 Å². The van der Waals surface area contributed by atoms with Crippen LogP contribution in [0.2, 0.25) is 0 Å². The number of ether oxygens (including phenoxy) is 1. The summed E-state index contributed by atoms with van der Waals surface area (Å²) in [6.07, 6.45) is 7.46. The first-order chi connectivity index (χ1) is 7.75. The van der Waals surface area contributed by atoms with Gasteiger partial charge in [0.25, 0.3) is 0 Å². The highest BCUT2D eigenvalue weighted by molar-refractivity contribution is 5.70. The molecule has 0 amide bonds. The molecule has 1 rings (SSSR count). The Morgan fingerprint density at radius 3 is 2.62 bits per heavy atom. The van der Waals surface area contributed by atoms with E-state index in [-0.39, 0.29) is 5.92 Å². The zero-order chi connectivity index (χ0) is 11.8. The van der Waals surface area contributed by atoms with Crippen LogP contribution < -0.4 is 0 Å². The third kappa shape index (κ3) is 4.52. The molecular weight excluding hydrogens is 204 g/mol. The fraction of sp³-hybridized carbons (Fsp3) is 0.923. The maximum atomic E-state index is 11.2. The fourth-order valence-corrected chi connectivity index (χ4v) is 2.48. The van der Waals surface area contributed by atoms with Crippen molar-refractivity contribution in [2.75, 3.05) is 13.2 Å². The highest BCUT2D eigenvalue weighted by Gasteiger charge is 2.29. The second-order valence-electron chi connectivity index (χ2n) is 4.74. The molecule has 0 aliphatic heterocycles. The molecule has 1 N–H and O–H groups in total. The summed E-state index contributed by atoms with van der Waals surface area (Å²) in [7, 11) is 0. The molecule has 3 heteroatoms. The van der Waals surface area contributed by atoms with Crippen LogP contribution in [0.3, 0.4) is 0 Å². The number of carboxylic acids is 1. The van der Waals surface area contributed by atoms with Gasteiger partial charge in [-0.15, -0.1) is 0 Å². The highest BCUT2D eigenvalue weighted by atomic mass is 16.5. The van der Waals surface area contributed by atoms with Crippen molar-refractivity contribution in [3.8, 4) is 0 Å². The van der Waals surface area contributed by atoms with Crippen molar-refractivity contribution in [1.82, 2.24) is 0 Å². The van der Waals surface area contributed by atoms with Crippen molar-refractivity contribution in [2.45, 2.75) is 51.9 Å². The minimum absolute atomic E-state index is 0.177. The van der Waals surface area contributed by atoms with Gasteiger partial charge in [0.1, 0.15) is 0 Å². The normalized spacial score (nSPS) is 18.8. The predicted molar refractivity (Wildman–Crippen MR) is 63.4 cm³/mol. The lowest BCUT2D eigenvalue weighted by Crippen LogP contribution is -2.23. The zero-order valence-corrected chi connectivity index (χ0v) is 10.3. The SMILES string of the molecule is CCCCOCCC(C(=O)O)C1CCCC1. The zero-order valence-electron chi connectivity index (χ0n) is 10.3. The van der Waals surface area contributed by atoms with E-state index in [9.17, 15) is 9.90 Å². The van der Waals surface area contributed by atoms with Crippen LogP contribution in [0.15, 0.2) is 0 Å². The van der Waals surface area contributed by atoms with Gasteiger partial charge >= 0.3 is 5.97 Å². The maximum absolute atomic E-state index is 11.2. The van der Waals surface area contributed by atoms with Crippen LogP contribution in [0.1, 0.15) is 51.9 Å². The summed E-state index contributed by atoms with van der Waals surface area (Å²) in [5.41, 5.74) is 0. The lowest BCUT2D eigenvalue weighted by molar-refractivity contribution is -0.144. The molecule has 0 saturated heterocycles. The molecule has 1 aliphatic carbocycles. The van der Waals surface area contributed by atoms with E-state index in [1.165, 1.54) is 12.8 Å². The summed E-state index contributed by atoms with van der Waals surface area (Å²) < 4.78 is 5.45. The largest absolute Gasteiger partial charge is 0.481 e. The van der Waals surface area contributed by atoms with E-state index in [1.807, 2.05) is 0 Å². The van der Waals surface area contributed by atoms with Crippen LogP contribution in [0.4, 0.5) is 0 Å². The summed E-state index contributed by atoms with van der Waals surface area (Å²) in [5, 5.41) is 9.18. The van der Waals surface area contributed by atoms with Crippen LogP contribution >= 0.6 is 0 Å². The van der Waals surface area contributed by atoms with Crippen molar-refractivity contribution in [3.05, 3.63) is 0 Å². The molecule has 0 aromatic carbocycles. The van der Waals surface area contributed by atoms with E-state index >= 15 is 0 Å². The molecule has 0 aromatic heterocycles. The summed E-state index contributed by atoms with van der Waals surface area (Å²) >= 11 is 0. The molecule has 1 saturated carbocycles. The minimum Gasteiger partial charge on any atom is -0.481 e. The van der Waals surface area contributed by atoms with Crippen LogP contribution in [-0.4, -0.2) is 24.3 Å². The van der Waals surface area contributed by atoms with Gasteiger partial charge in [0, 0.05) is 13.2 Å². The van der Waals surface area contributed by atoms with Gasteiger partial charge in [-0.1, -0.05) is 26.2 Å². The van der Waals surface area contributed by atoms with E-state index in [4.69, 9.17) is 4.74 Å². The average Bonchev–Trinajstić information content (AvgIpc) is 2.76. The number of hydrogen-bond acceptors (Lipinski definition) is 2. The first kappa shape index (κ1) is 13.5. The van der Waals surface area contributed by atoms with Crippen LogP contribution in [-0.2, 0) is 9.53 Å². The van der Waals surface area contributed by atoms with Crippen LogP contribution in [0.5, 0.6) is 0 Å². The number of carboxylic acid groups (broad SMARTS) is 1. The smallest absolute Gasteiger partial charge is 0.306 e. The maximum Gasteiger partial charge on any atom is 0.306 e. The first-order valence-corrected chi connectivity index (χ1v) is 6.56. The molecule has 16 heavy (non-hydrogen) atoms. The highest BCUT2D eigenvalue weighted by Crippen LogP contribution is 2.33. The van der Waals surface area contributed by atoms with Gasteiger partial charge in [-0.25, -0.2) is 0 Å². The Hall–Kier alpha value is -0.570. The lowest BCUT2D eigenvalue weighted by atomic mass is 9.88. The summed E-state index contributed by atoms with van der Waals surface area (Å²) in [5.74, 6) is -0.414. The molecule has 1 unspecified atom stereocenters. The molecule has 0 aromatic rings. The second-order valence-corrected chi connectivity index (χ2v) is 4.74. The summed E-state index contributed by atoms with van der Waals surface area (Å²) in [6.45, 7) is 3.50. The van der Waals surface area contributed by atoms with E-state index in [0.717, 1.165) is 32.3 Å². The van der Waals surface area contributed by atoms with Crippen molar-refractivity contribution in [1.29, 1.82) is 0 Å². The monoisotopic (exact) mass is 228 g/mol. The standard InChI is InChI=1S/C13H24O3/c1-2-3-9-16-10-8-12(13(14)15)11-6-4-5-7-11/h11-12H,2-10H2,1H3,(H,14,15). The van der Waals surface area contributed by atoms with Crippen molar-refractivity contribution in [2.24, 2.45) is 11.8 Å². The third-order valence-corrected chi connectivity index (χ3v) is 3.50. The molecule has 1 atom stereocenters. The Balaban J connectivity index is 2.20. The molecule has 0 radical (unpaired) electrons. The van der Waals surface area contributed by atoms with E-state index in [1.54, 1.807) is 0 Å². The van der Waals surface area contributed by atoms with Crippen LogP contribution in [0, 0.1) is 11.8 Å². The van der Waals surface area contributed by atoms with Gasteiger partial charge in [-0.3, -0.25) is 4.79 Å². The first-order valence-electron chi connectivity index (χ1n) is 6.56. The van der Waals surface area contributed by atoms with Gasteiger partial charge in [0.2, 0.25) is 0 Å². The van der Waals surface area contributed by atoms with Gasteiger partial charge in [0.15, 0.2) is 0 Å². The lowest BCUT2D eigenvalue weighted by Gasteiger charge is -2.18. The Kier molecular flexibility index (Phi) is 6.46. The third-order valence-electron chi connectivity index (χ3n) is 3.50. The Morgan fingerprint density at radius 1 is 1.38 bits per heavy atom. The molecule has 1 aliphatic rings. The van der Waals surface area contributed by atoms with Crippen LogP contribution in [0.25, 0.3) is 0 Å². The molecule has 3 nitrogen and oxygen atoms in total. The number of unbranched alkanes of at least 4 members (excludes halogenated alkanes) is 1. The molecule has 0 heterocycles. The number of carbonyl (C=O) groups is 1. The number of hydrogen-bond donors (Lipinski definition) is 1. The van der Waals surface area contributed by atoms with Crippen molar-refractivity contribution < 1.29 is 14.6 Å². The molecular formula is C13H24O3. The number of rotatable bonds is 8. The summed E-state index contributed by atoms with van der Waals surface area (Å²) in [4.78, 5) is 11.2. The second kappa shape index (κ2) is 7.66. The fourth-order valence-electron chi connectivity index (χ4n) is 2.48. The molecule has 1 fully saturated rings. The number of aliphatic carboxylic acids is 1. The minimum atomic E-state index is -0.633. The topological polar surface area (TPSA) is 46.5 Å². The Labute approximate surface area is 98.2 Å². The van der Waals surface area contributed by atoms with E-state index < -0.39 is 5.97 Å². The van der Waals surface area contributed by atoms with Crippen molar-refractivity contribution >= 4 is 5.97 Å². The van der Waals surface area contributed by atoms with Gasteiger partial charge in [-0.2, -0.15) is 0 Å². The Bertz CT molecular complexity index is 197. The van der Waals surface area contributed by atoms with Gasteiger partial charge < -0.3 is 9.84 Å². The van der Waals surface area contributed by atoms with Crippen molar-refractivity contribution in [3.63, 3.8) is 0 Å². The van der Waals surface area contributed by atoms with Gasteiger partial charge in [-0.05, 0) is 31.6 Å². The molecule has 94 valence electrons. The van der Waals surface area contributed by atoms with E-state index in [2.05, 4.69) is 6.92 Å². The average molecular weight is 228 g/mol. The molecule has 0 bridgehead atoms. The summed E-state index contributed by atoms with van der Waals surface area (Å²) in [6, 6.07) is 0. The predicted octanol–water partition coefficient (Wildman–Crippen LogP) is 3.08. The molecule has 0 spiro atoms.